The Morgan fingerprint density at radius 2 is 1.81 bits per heavy atom. The van der Waals surface area contributed by atoms with E-state index in [-0.39, 0.29) is 4.90 Å². The van der Waals surface area contributed by atoms with Gasteiger partial charge in [-0.3, -0.25) is 0 Å². The molecule has 21 heavy (non-hydrogen) atoms. The molecule has 0 spiro atoms. The van der Waals surface area contributed by atoms with Crippen molar-refractivity contribution < 1.29 is 8.42 Å². The lowest BCUT2D eigenvalue weighted by atomic mass is 10.0. The fraction of sp³-hybridized carbons (Fsp3) is 0.600. The van der Waals surface area contributed by atoms with Gasteiger partial charge in [0.1, 0.15) is 0 Å². The molecule has 0 aromatic heterocycles. The van der Waals surface area contributed by atoms with Crippen molar-refractivity contribution in [3.8, 4) is 0 Å². The summed E-state index contributed by atoms with van der Waals surface area (Å²) in [6.45, 7) is 8.76. The van der Waals surface area contributed by atoms with Crippen LogP contribution in [0.1, 0.15) is 39.2 Å². The van der Waals surface area contributed by atoms with Gasteiger partial charge < -0.3 is 5.73 Å². The van der Waals surface area contributed by atoms with Crippen LogP contribution in [0.15, 0.2) is 17.0 Å². The van der Waals surface area contributed by atoms with Crippen LogP contribution >= 0.6 is 11.6 Å². The van der Waals surface area contributed by atoms with Crippen molar-refractivity contribution in [3.63, 3.8) is 0 Å². The number of hydrogen-bond donors (Lipinski definition) is 1. The van der Waals surface area contributed by atoms with Crippen LogP contribution in [0, 0.1) is 12.8 Å². The molecule has 1 aromatic rings. The zero-order chi connectivity index (χ0) is 16.2. The summed E-state index contributed by atoms with van der Waals surface area (Å²) in [5.41, 5.74) is 6.77. The maximum Gasteiger partial charge on any atom is 0.243 e. The molecule has 0 saturated heterocycles. The van der Waals surface area contributed by atoms with E-state index in [2.05, 4.69) is 13.8 Å². The van der Waals surface area contributed by atoms with Crippen molar-refractivity contribution in [1.82, 2.24) is 4.31 Å². The standard InChI is InChI=1S/C15H25ClN2O2S/c1-5-12(6-2)10-18(7-3)21(19,20)13-8-11(4)15(16)14(17)9-13/h8-9,12H,5-7,10,17H2,1-4H3. The Hall–Kier alpha value is -0.780. The Kier molecular flexibility index (Phi) is 6.50. The van der Waals surface area contributed by atoms with Crippen LogP contribution in [-0.4, -0.2) is 25.8 Å². The molecule has 0 aliphatic carbocycles. The van der Waals surface area contributed by atoms with Crippen molar-refractivity contribution in [2.75, 3.05) is 18.8 Å². The maximum atomic E-state index is 12.8. The molecule has 0 fully saturated rings. The zero-order valence-electron chi connectivity index (χ0n) is 13.2. The summed E-state index contributed by atoms with van der Waals surface area (Å²) < 4.78 is 27.1. The Bertz CT molecular complexity index is 560. The molecular formula is C15H25ClN2O2S. The average molecular weight is 333 g/mol. The molecule has 1 rings (SSSR count). The van der Waals surface area contributed by atoms with Gasteiger partial charge in [0.2, 0.25) is 10.0 Å². The number of hydrogen-bond acceptors (Lipinski definition) is 3. The van der Waals surface area contributed by atoms with Gasteiger partial charge in [-0.1, -0.05) is 45.2 Å². The molecule has 2 N–H and O–H groups in total. The summed E-state index contributed by atoms with van der Waals surface area (Å²) >= 11 is 6.01. The van der Waals surface area contributed by atoms with Gasteiger partial charge in [-0.05, 0) is 30.5 Å². The van der Waals surface area contributed by atoms with Crippen LogP contribution in [0.25, 0.3) is 0 Å². The number of halogens is 1. The molecule has 120 valence electrons. The molecule has 0 unspecified atom stereocenters. The van der Waals surface area contributed by atoms with Gasteiger partial charge in [-0.2, -0.15) is 4.31 Å². The second-order valence-corrected chi connectivity index (χ2v) is 7.60. The fourth-order valence-corrected chi connectivity index (χ4v) is 4.05. The summed E-state index contributed by atoms with van der Waals surface area (Å²) in [4.78, 5) is 0.217. The third kappa shape index (κ3) is 4.11. The van der Waals surface area contributed by atoms with Crippen LogP contribution in [0.4, 0.5) is 5.69 Å². The van der Waals surface area contributed by atoms with E-state index in [1.165, 1.54) is 10.4 Å². The van der Waals surface area contributed by atoms with Crippen molar-refractivity contribution in [1.29, 1.82) is 0 Å². The zero-order valence-corrected chi connectivity index (χ0v) is 14.8. The first-order valence-electron chi connectivity index (χ1n) is 7.33. The van der Waals surface area contributed by atoms with Crippen molar-refractivity contribution >= 4 is 27.3 Å². The molecule has 0 amide bonds. The molecule has 6 heteroatoms. The average Bonchev–Trinajstić information content (AvgIpc) is 2.45. The maximum absolute atomic E-state index is 12.8. The largest absolute Gasteiger partial charge is 0.397 e. The molecule has 0 aliphatic heterocycles. The topological polar surface area (TPSA) is 63.4 Å². The molecule has 0 aliphatic rings. The number of anilines is 1. The van der Waals surface area contributed by atoms with Gasteiger partial charge in [0.05, 0.1) is 15.6 Å². The van der Waals surface area contributed by atoms with E-state index in [0.717, 1.165) is 12.8 Å². The van der Waals surface area contributed by atoms with Gasteiger partial charge in [0, 0.05) is 13.1 Å². The molecule has 4 nitrogen and oxygen atoms in total. The molecule has 0 heterocycles. The van der Waals surface area contributed by atoms with Crippen LogP contribution in [0.2, 0.25) is 5.02 Å². The predicted molar refractivity (Wildman–Crippen MR) is 89.1 cm³/mol. The molecule has 0 radical (unpaired) electrons. The predicted octanol–water partition coefficient (Wildman–Crippen LogP) is 3.68. The van der Waals surface area contributed by atoms with Gasteiger partial charge in [-0.15, -0.1) is 0 Å². The highest BCUT2D eigenvalue weighted by Crippen LogP contribution is 2.29. The van der Waals surface area contributed by atoms with Gasteiger partial charge in [0.15, 0.2) is 0 Å². The lowest BCUT2D eigenvalue weighted by Crippen LogP contribution is -2.35. The molecule has 0 atom stereocenters. The second kappa shape index (κ2) is 7.47. The number of rotatable bonds is 7. The number of sulfonamides is 1. The summed E-state index contributed by atoms with van der Waals surface area (Å²) in [5, 5.41) is 0.414. The smallest absolute Gasteiger partial charge is 0.243 e. The first-order chi connectivity index (χ1) is 9.77. The third-order valence-electron chi connectivity index (χ3n) is 3.86. The van der Waals surface area contributed by atoms with Crippen LogP contribution < -0.4 is 5.73 Å². The van der Waals surface area contributed by atoms with E-state index < -0.39 is 10.0 Å². The van der Waals surface area contributed by atoms with Gasteiger partial charge in [-0.25, -0.2) is 8.42 Å². The molecular weight excluding hydrogens is 308 g/mol. The SMILES string of the molecule is CCC(CC)CN(CC)S(=O)(=O)c1cc(C)c(Cl)c(N)c1. The van der Waals surface area contributed by atoms with Crippen LogP contribution in [0.3, 0.4) is 0 Å². The number of nitrogens with zero attached hydrogens (tertiary/aromatic N) is 1. The monoisotopic (exact) mass is 332 g/mol. The van der Waals surface area contributed by atoms with Crippen LogP contribution in [0.5, 0.6) is 0 Å². The van der Waals surface area contributed by atoms with Crippen molar-refractivity contribution in [2.24, 2.45) is 5.92 Å². The first-order valence-corrected chi connectivity index (χ1v) is 9.15. The lowest BCUT2D eigenvalue weighted by molar-refractivity contribution is 0.339. The summed E-state index contributed by atoms with van der Waals surface area (Å²) in [5.74, 6) is 0.366. The summed E-state index contributed by atoms with van der Waals surface area (Å²) in [6, 6.07) is 3.03. The van der Waals surface area contributed by atoms with Crippen LogP contribution in [-0.2, 0) is 10.0 Å². The fourth-order valence-electron chi connectivity index (χ4n) is 2.29. The highest BCUT2D eigenvalue weighted by Gasteiger charge is 2.26. The highest BCUT2D eigenvalue weighted by atomic mass is 35.5. The van der Waals surface area contributed by atoms with E-state index in [1.807, 2.05) is 6.92 Å². The first kappa shape index (κ1) is 18.3. The summed E-state index contributed by atoms with van der Waals surface area (Å²) in [6.07, 6.45) is 1.93. The van der Waals surface area contributed by atoms with Gasteiger partial charge in [0.25, 0.3) is 0 Å². The van der Waals surface area contributed by atoms with E-state index in [9.17, 15) is 8.42 Å². The number of aryl methyl sites for hydroxylation is 1. The number of benzene rings is 1. The normalized spacial score (nSPS) is 12.3. The minimum atomic E-state index is -3.53. The van der Waals surface area contributed by atoms with E-state index in [4.69, 9.17) is 17.3 Å². The molecule has 0 saturated carbocycles. The van der Waals surface area contributed by atoms with E-state index in [0.29, 0.717) is 35.3 Å². The Balaban J connectivity index is 3.19. The second-order valence-electron chi connectivity index (χ2n) is 5.28. The minimum absolute atomic E-state index is 0.217. The van der Waals surface area contributed by atoms with Crippen molar-refractivity contribution in [2.45, 2.75) is 45.4 Å². The lowest BCUT2D eigenvalue weighted by Gasteiger charge is -2.25. The quantitative estimate of drug-likeness (QED) is 0.775. The van der Waals surface area contributed by atoms with E-state index in [1.54, 1.807) is 13.0 Å². The Labute approximate surface area is 133 Å². The molecule has 0 bridgehead atoms. The van der Waals surface area contributed by atoms with Gasteiger partial charge >= 0.3 is 0 Å². The summed E-state index contributed by atoms with van der Waals surface area (Å²) in [7, 11) is -3.53. The minimum Gasteiger partial charge on any atom is -0.397 e. The highest BCUT2D eigenvalue weighted by molar-refractivity contribution is 7.89. The number of nitrogen functional groups attached to an aromatic ring is 1. The molecule has 1 aromatic carbocycles. The Morgan fingerprint density at radius 3 is 2.24 bits per heavy atom. The third-order valence-corrected chi connectivity index (χ3v) is 6.30. The number of nitrogens with two attached hydrogens (primary N) is 1. The van der Waals surface area contributed by atoms with Crippen molar-refractivity contribution in [3.05, 3.63) is 22.7 Å². The van der Waals surface area contributed by atoms with E-state index >= 15 is 0 Å². The Morgan fingerprint density at radius 1 is 1.24 bits per heavy atom.